The summed E-state index contributed by atoms with van der Waals surface area (Å²) in [4.78, 5) is 46.8. The van der Waals surface area contributed by atoms with Gasteiger partial charge in [-0.25, -0.2) is 9.78 Å². The van der Waals surface area contributed by atoms with E-state index in [1.54, 1.807) is 76.2 Å². The van der Waals surface area contributed by atoms with Gasteiger partial charge in [-0.05, 0) is 38.0 Å². The lowest BCUT2D eigenvalue weighted by Crippen LogP contribution is -2.52. The fraction of sp³-hybridized carbons (Fsp3) is 0.407. The number of para-hydroxylation sites is 2. The van der Waals surface area contributed by atoms with Crippen molar-refractivity contribution in [1.29, 1.82) is 0 Å². The SMILES string of the molecule is CC(C)C(O)c1nc2ccccc2c(=O)n1C1CC2(OC1=O)c1ccccc1N1C(=O)C(C)(C)N(O)C12. The van der Waals surface area contributed by atoms with Crippen molar-refractivity contribution in [2.75, 3.05) is 4.90 Å². The molecule has 0 aliphatic carbocycles. The molecule has 3 aromatic rings. The molecule has 2 aromatic carbocycles. The fourth-order valence-corrected chi connectivity index (χ4v) is 5.90. The minimum absolute atomic E-state index is 0.0395. The van der Waals surface area contributed by atoms with Crippen molar-refractivity contribution in [3.8, 4) is 0 Å². The second-order valence-corrected chi connectivity index (χ2v) is 10.9. The maximum atomic E-state index is 13.8. The van der Waals surface area contributed by atoms with Crippen molar-refractivity contribution in [1.82, 2.24) is 14.6 Å². The third-order valence-electron chi connectivity index (χ3n) is 7.92. The van der Waals surface area contributed by atoms with Crippen molar-refractivity contribution < 1.29 is 24.6 Å². The molecule has 4 atom stereocenters. The molecule has 4 heterocycles. The summed E-state index contributed by atoms with van der Waals surface area (Å²) in [6.45, 7) is 6.80. The molecule has 10 nitrogen and oxygen atoms in total. The lowest BCUT2D eigenvalue weighted by atomic mass is 9.87. The van der Waals surface area contributed by atoms with E-state index in [1.165, 1.54) is 9.47 Å². The van der Waals surface area contributed by atoms with Gasteiger partial charge in [-0.2, -0.15) is 0 Å². The van der Waals surface area contributed by atoms with Gasteiger partial charge in [0.25, 0.3) is 11.5 Å². The molecular formula is C27H28N4O6. The number of anilines is 1. The molecule has 1 amide bonds. The Kier molecular flexibility index (Phi) is 4.95. The number of aromatic nitrogens is 2. The number of hydroxylamine groups is 2. The molecule has 1 spiro atoms. The molecule has 4 unspecified atom stereocenters. The van der Waals surface area contributed by atoms with Gasteiger partial charge in [0, 0.05) is 12.0 Å². The molecule has 2 N–H and O–H groups in total. The Morgan fingerprint density at radius 3 is 2.46 bits per heavy atom. The molecule has 192 valence electrons. The first kappa shape index (κ1) is 23.8. The minimum atomic E-state index is -1.43. The van der Waals surface area contributed by atoms with Crippen LogP contribution in [-0.2, 0) is 19.9 Å². The number of amides is 1. The average Bonchev–Trinajstić information content (AvgIpc) is 3.42. The van der Waals surface area contributed by atoms with Crippen LogP contribution in [0.3, 0.4) is 0 Å². The third-order valence-corrected chi connectivity index (χ3v) is 7.92. The fourth-order valence-electron chi connectivity index (χ4n) is 5.90. The number of aliphatic hydroxyl groups is 1. The van der Waals surface area contributed by atoms with Gasteiger partial charge in [-0.1, -0.05) is 44.2 Å². The number of hydrogen-bond donors (Lipinski definition) is 2. The number of ether oxygens (including phenoxy) is 1. The van der Waals surface area contributed by atoms with Crippen molar-refractivity contribution in [2.45, 2.75) is 63.6 Å². The van der Waals surface area contributed by atoms with Crippen LogP contribution in [0.2, 0.25) is 0 Å². The van der Waals surface area contributed by atoms with E-state index in [-0.39, 0.29) is 24.1 Å². The van der Waals surface area contributed by atoms with Crippen LogP contribution in [0, 0.1) is 5.92 Å². The van der Waals surface area contributed by atoms with Crippen molar-refractivity contribution in [3.05, 3.63) is 70.3 Å². The van der Waals surface area contributed by atoms with Crippen molar-refractivity contribution >= 4 is 28.5 Å². The molecule has 0 radical (unpaired) electrons. The Morgan fingerprint density at radius 2 is 1.73 bits per heavy atom. The largest absolute Gasteiger partial charge is 0.449 e. The lowest BCUT2D eigenvalue weighted by molar-refractivity contribution is -0.209. The van der Waals surface area contributed by atoms with E-state index in [9.17, 15) is 24.7 Å². The Hall–Kier alpha value is -3.60. The summed E-state index contributed by atoms with van der Waals surface area (Å²) < 4.78 is 7.32. The van der Waals surface area contributed by atoms with E-state index in [4.69, 9.17) is 4.74 Å². The first-order valence-electron chi connectivity index (χ1n) is 12.3. The summed E-state index contributed by atoms with van der Waals surface area (Å²) in [5.41, 5.74) is -1.61. The summed E-state index contributed by atoms with van der Waals surface area (Å²) in [7, 11) is 0. The zero-order valence-corrected chi connectivity index (χ0v) is 21.0. The Bertz CT molecular complexity index is 1530. The highest BCUT2D eigenvalue weighted by molar-refractivity contribution is 6.05. The predicted molar refractivity (Wildman–Crippen MR) is 133 cm³/mol. The number of fused-ring (bicyclic) bond motifs is 6. The number of esters is 1. The maximum Gasteiger partial charge on any atom is 0.330 e. The van der Waals surface area contributed by atoms with Crippen molar-refractivity contribution in [3.63, 3.8) is 0 Å². The lowest BCUT2D eigenvalue weighted by Gasteiger charge is -2.35. The number of benzene rings is 2. The first-order valence-corrected chi connectivity index (χ1v) is 12.3. The van der Waals surface area contributed by atoms with Crippen LogP contribution >= 0.6 is 0 Å². The number of aliphatic hydroxyl groups excluding tert-OH is 1. The van der Waals surface area contributed by atoms with Gasteiger partial charge in [-0.15, -0.1) is 5.06 Å². The molecule has 0 saturated carbocycles. The highest BCUT2D eigenvalue weighted by Gasteiger charge is 2.70. The molecule has 2 saturated heterocycles. The summed E-state index contributed by atoms with van der Waals surface area (Å²) in [5.74, 6) is -1.23. The van der Waals surface area contributed by atoms with Gasteiger partial charge in [0.1, 0.15) is 23.5 Å². The molecule has 3 aliphatic heterocycles. The Balaban J connectivity index is 1.56. The molecule has 3 aliphatic rings. The topological polar surface area (TPSA) is 125 Å². The van der Waals surface area contributed by atoms with Crippen LogP contribution in [0.4, 0.5) is 5.69 Å². The van der Waals surface area contributed by atoms with Gasteiger partial charge in [0.15, 0.2) is 11.8 Å². The van der Waals surface area contributed by atoms with Crippen LogP contribution in [0.1, 0.15) is 57.6 Å². The number of carbonyl (C=O) groups excluding carboxylic acids is 2. The van der Waals surface area contributed by atoms with E-state index in [0.29, 0.717) is 22.2 Å². The van der Waals surface area contributed by atoms with Gasteiger partial charge in [0.05, 0.1) is 16.6 Å². The first-order chi connectivity index (χ1) is 17.5. The van der Waals surface area contributed by atoms with E-state index < -0.39 is 41.0 Å². The van der Waals surface area contributed by atoms with Gasteiger partial charge < -0.3 is 15.1 Å². The number of nitrogens with zero attached hydrogens (tertiary/aromatic N) is 4. The van der Waals surface area contributed by atoms with Crippen LogP contribution in [0.25, 0.3) is 10.9 Å². The molecule has 10 heteroatoms. The maximum absolute atomic E-state index is 13.8. The molecule has 37 heavy (non-hydrogen) atoms. The van der Waals surface area contributed by atoms with Gasteiger partial charge in [0.2, 0.25) is 0 Å². The van der Waals surface area contributed by atoms with Gasteiger partial charge in [-0.3, -0.25) is 19.1 Å². The Labute approximate surface area is 212 Å². The van der Waals surface area contributed by atoms with Crippen LogP contribution < -0.4 is 10.5 Å². The number of carbonyl (C=O) groups is 2. The molecule has 2 fully saturated rings. The standard InChI is InChI=1S/C27H28N4O6/c1-14(2)20(32)21-28-17-11-7-5-9-15(17)22(33)29(21)19-13-27(37-23(19)34)16-10-6-8-12-18(16)30-24(27)31(36)26(3,4)25(30)35/h5-12,14,19-20,24,32,36H,13H2,1-4H3. The molecule has 6 rings (SSSR count). The van der Waals surface area contributed by atoms with E-state index in [2.05, 4.69) is 4.98 Å². The van der Waals surface area contributed by atoms with E-state index in [1.807, 2.05) is 0 Å². The zero-order valence-electron chi connectivity index (χ0n) is 21.0. The third kappa shape index (κ3) is 2.97. The molecule has 0 bridgehead atoms. The van der Waals surface area contributed by atoms with E-state index >= 15 is 0 Å². The summed E-state index contributed by atoms with van der Waals surface area (Å²) in [5, 5.41) is 23.5. The number of hydrogen-bond acceptors (Lipinski definition) is 8. The second-order valence-electron chi connectivity index (χ2n) is 10.9. The predicted octanol–water partition coefficient (Wildman–Crippen LogP) is 2.63. The van der Waals surface area contributed by atoms with Crippen LogP contribution in [0.15, 0.2) is 53.3 Å². The highest BCUT2D eigenvalue weighted by atomic mass is 16.6. The normalized spacial score (nSPS) is 27.3. The van der Waals surface area contributed by atoms with Crippen LogP contribution in [-0.4, -0.2) is 48.5 Å². The Morgan fingerprint density at radius 1 is 1.05 bits per heavy atom. The minimum Gasteiger partial charge on any atom is -0.449 e. The summed E-state index contributed by atoms with van der Waals surface area (Å²) in [6.07, 6.45) is -2.17. The summed E-state index contributed by atoms with van der Waals surface area (Å²) in [6, 6.07) is 12.7. The smallest absolute Gasteiger partial charge is 0.330 e. The molecule has 1 aromatic heterocycles. The zero-order chi connectivity index (χ0) is 26.4. The van der Waals surface area contributed by atoms with E-state index in [0.717, 1.165) is 5.06 Å². The van der Waals surface area contributed by atoms with Crippen LogP contribution in [0.5, 0.6) is 0 Å². The monoisotopic (exact) mass is 504 g/mol. The summed E-state index contributed by atoms with van der Waals surface area (Å²) >= 11 is 0. The quantitative estimate of drug-likeness (QED) is 0.522. The van der Waals surface area contributed by atoms with Gasteiger partial charge >= 0.3 is 5.97 Å². The molecular weight excluding hydrogens is 476 g/mol. The highest BCUT2D eigenvalue weighted by Crippen LogP contribution is 2.58. The number of rotatable bonds is 3. The second kappa shape index (κ2) is 7.70. The average molecular weight is 505 g/mol. The van der Waals surface area contributed by atoms with Crippen molar-refractivity contribution in [2.24, 2.45) is 5.92 Å².